The van der Waals surface area contributed by atoms with Crippen molar-refractivity contribution in [3.8, 4) is 0 Å². The number of nitrogens with two attached hydrogens (primary N) is 1. The van der Waals surface area contributed by atoms with E-state index in [1.54, 1.807) is 0 Å². The molecular weight excluding hydrogens is 136 g/mol. The Morgan fingerprint density at radius 3 is 2.78 bits per heavy atom. The Bertz CT molecular complexity index is 97.1. The first kappa shape index (κ1) is 7.32. The molecule has 1 heterocycles. The second kappa shape index (κ2) is 2.86. The first-order valence-corrected chi connectivity index (χ1v) is 3.77. The second-order valence-corrected chi connectivity index (χ2v) is 3.25. The Labute approximate surface area is 60.8 Å². The topological polar surface area (TPSA) is 38.0 Å². The largest absolute Gasteiger partial charge is 0.327 e. The van der Waals surface area contributed by atoms with Crippen LogP contribution in [0.15, 0.2) is 0 Å². The molecule has 1 aliphatic rings. The number of halogens is 1. The number of alkyl halides is 1. The van der Waals surface area contributed by atoms with E-state index in [2.05, 4.69) is 12.2 Å². The van der Waals surface area contributed by atoms with Crippen LogP contribution >= 0.6 is 11.6 Å². The summed E-state index contributed by atoms with van der Waals surface area (Å²) in [5, 5.41) is 3.12. The van der Waals surface area contributed by atoms with E-state index in [-0.39, 0.29) is 5.50 Å². The molecular formula is C6H13ClN2. The first-order valence-electron chi connectivity index (χ1n) is 3.33. The van der Waals surface area contributed by atoms with Gasteiger partial charge in [-0.3, -0.25) is 5.32 Å². The summed E-state index contributed by atoms with van der Waals surface area (Å²) in [6, 6.07) is 0.301. The Morgan fingerprint density at radius 1 is 1.67 bits per heavy atom. The SMILES string of the molecule is CC1CC(N)CNC1Cl. The van der Waals surface area contributed by atoms with Gasteiger partial charge in [0.1, 0.15) is 0 Å². The van der Waals surface area contributed by atoms with Crippen molar-refractivity contribution in [1.29, 1.82) is 0 Å². The van der Waals surface area contributed by atoms with Crippen molar-refractivity contribution in [2.24, 2.45) is 11.7 Å². The number of rotatable bonds is 0. The molecule has 3 unspecified atom stereocenters. The number of nitrogens with one attached hydrogen (secondary N) is 1. The predicted octanol–water partition coefficient (Wildman–Crippen LogP) is 0.508. The van der Waals surface area contributed by atoms with Crippen LogP contribution in [0.2, 0.25) is 0 Å². The summed E-state index contributed by atoms with van der Waals surface area (Å²) < 4.78 is 0. The van der Waals surface area contributed by atoms with Crippen molar-refractivity contribution < 1.29 is 0 Å². The summed E-state index contributed by atoms with van der Waals surface area (Å²) in [6.45, 7) is 2.97. The smallest absolute Gasteiger partial charge is 0.0852 e. The highest BCUT2D eigenvalue weighted by Gasteiger charge is 2.22. The van der Waals surface area contributed by atoms with Crippen LogP contribution in [-0.2, 0) is 0 Å². The molecule has 0 spiro atoms. The molecule has 0 aliphatic carbocycles. The van der Waals surface area contributed by atoms with E-state index < -0.39 is 0 Å². The van der Waals surface area contributed by atoms with Gasteiger partial charge in [0.05, 0.1) is 5.50 Å². The Balaban J connectivity index is 2.35. The lowest BCUT2D eigenvalue weighted by Crippen LogP contribution is -2.47. The van der Waals surface area contributed by atoms with Crippen LogP contribution in [0.5, 0.6) is 0 Å². The fourth-order valence-corrected chi connectivity index (χ4v) is 1.34. The Kier molecular flexibility index (Phi) is 2.33. The number of piperidine rings is 1. The summed E-state index contributed by atoms with van der Waals surface area (Å²) in [7, 11) is 0. The van der Waals surface area contributed by atoms with E-state index in [9.17, 15) is 0 Å². The maximum Gasteiger partial charge on any atom is 0.0852 e. The average molecular weight is 149 g/mol. The van der Waals surface area contributed by atoms with E-state index in [0.29, 0.717) is 12.0 Å². The van der Waals surface area contributed by atoms with Gasteiger partial charge in [0.15, 0.2) is 0 Å². The molecule has 0 amide bonds. The molecule has 3 N–H and O–H groups in total. The van der Waals surface area contributed by atoms with Crippen molar-refractivity contribution >= 4 is 11.6 Å². The highest BCUT2D eigenvalue weighted by Crippen LogP contribution is 2.16. The van der Waals surface area contributed by atoms with Gasteiger partial charge in [0.25, 0.3) is 0 Å². The molecule has 1 fully saturated rings. The van der Waals surface area contributed by atoms with Crippen LogP contribution in [0, 0.1) is 5.92 Å². The van der Waals surface area contributed by atoms with Crippen LogP contribution in [0.25, 0.3) is 0 Å². The van der Waals surface area contributed by atoms with Crippen LogP contribution < -0.4 is 11.1 Å². The van der Waals surface area contributed by atoms with Gasteiger partial charge in [0, 0.05) is 12.6 Å². The van der Waals surface area contributed by atoms with Crippen molar-refractivity contribution in [3.05, 3.63) is 0 Å². The van der Waals surface area contributed by atoms with Crippen LogP contribution in [0.3, 0.4) is 0 Å². The van der Waals surface area contributed by atoms with Gasteiger partial charge < -0.3 is 5.73 Å². The summed E-state index contributed by atoms with van der Waals surface area (Å²) in [5.41, 5.74) is 5.80. The minimum Gasteiger partial charge on any atom is -0.327 e. The molecule has 2 nitrogen and oxygen atoms in total. The molecule has 0 aromatic carbocycles. The van der Waals surface area contributed by atoms with Crippen molar-refractivity contribution in [2.45, 2.75) is 24.9 Å². The summed E-state index contributed by atoms with van der Waals surface area (Å²) in [6.07, 6.45) is 1.04. The lowest BCUT2D eigenvalue weighted by atomic mass is 9.98. The van der Waals surface area contributed by atoms with Gasteiger partial charge in [-0.25, -0.2) is 0 Å². The van der Waals surface area contributed by atoms with E-state index in [1.165, 1.54) is 0 Å². The van der Waals surface area contributed by atoms with Gasteiger partial charge in [-0.05, 0) is 12.3 Å². The lowest BCUT2D eigenvalue weighted by Gasteiger charge is -2.29. The highest BCUT2D eigenvalue weighted by molar-refractivity contribution is 6.20. The average Bonchev–Trinajstić information content (AvgIpc) is 1.80. The van der Waals surface area contributed by atoms with Crippen LogP contribution in [0.4, 0.5) is 0 Å². The zero-order valence-electron chi connectivity index (χ0n) is 5.60. The molecule has 0 bridgehead atoms. The summed E-state index contributed by atoms with van der Waals surface area (Å²) in [5.74, 6) is 0.510. The Morgan fingerprint density at radius 2 is 2.33 bits per heavy atom. The maximum absolute atomic E-state index is 5.87. The monoisotopic (exact) mass is 148 g/mol. The van der Waals surface area contributed by atoms with Crippen molar-refractivity contribution in [1.82, 2.24) is 5.32 Å². The molecule has 3 heteroatoms. The van der Waals surface area contributed by atoms with Crippen molar-refractivity contribution in [2.75, 3.05) is 6.54 Å². The van der Waals surface area contributed by atoms with E-state index in [4.69, 9.17) is 17.3 Å². The van der Waals surface area contributed by atoms with Crippen molar-refractivity contribution in [3.63, 3.8) is 0 Å². The zero-order chi connectivity index (χ0) is 6.85. The van der Waals surface area contributed by atoms with Crippen LogP contribution in [0.1, 0.15) is 13.3 Å². The maximum atomic E-state index is 5.87. The Hall–Kier alpha value is 0.210. The van der Waals surface area contributed by atoms with E-state index in [1.807, 2.05) is 0 Å². The fourth-order valence-electron chi connectivity index (χ4n) is 1.15. The quantitative estimate of drug-likeness (QED) is 0.388. The summed E-state index contributed by atoms with van der Waals surface area (Å²) >= 11 is 5.87. The molecule has 9 heavy (non-hydrogen) atoms. The third kappa shape index (κ3) is 1.81. The normalized spacial score (nSPS) is 45.0. The molecule has 0 saturated carbocycles. The minimum atomic E-state index is 0.129. The summed E-state index contributed by atoms with van der Waals surface area (Å²) in [4.78, 5) is 0. The number of hydrogen-bond acceptors (Lipinski definition) is 2. The lowest BCUT2D eigenvalue weighted by molar-refractivity contribution is 0.336. The molecule has 3 atom stereocenters. The highest BCUT2D eigenvalue weighted by atomic mass is 35.5. The van der Waals surface area contributed by atoms with Crippen LogP contribution in [-0.4, -0.2) is 18.1 Å². The molecule has 1 rings (SSSR count). The zero-order valence-corrected chi connectivity index (χ0v) is 6.36. The molecule has 1 saturated heterocycles. The van der Waals surface area contributed by atoms with E-state index in [0.717, 1.165) is 13.0 Å². The van der Waals surface area contributed by atoms with Gasteiger partial charge >= 0.3 is 0 Å². The standard InChI is InChI=1S/C6H13ClN2/c1-4-2-5(8)3-9-6(4)7/h4-6,9H,2-3,8H2,1H3. The van der Waals surface area contributed by atoms with Gasteiger partial charge in [-0.15, -0.1) is 11.6 Å². The third-order valence-corrected chi connectivity index (χ3v) is 2.33. The van der Waals surface area contributed by atoms with E-state index >= 15 is 0 Å². The minimum absolute atomic E-state index is 0.129. The molecule has 0 aromatic rings. The fraction of sp³-hybridized carbons (Fsp3) is 1.00. The van der Waals surface area contributed by atoms with Gasteiger partial charge in [-0.1, -0.05) is 6.92 Å². The molecule has 0 aromatic heterocycles. The molecule has 1 aliphatic heterocycles. The predicted molar refractivity (Wildman–Crippen MR) is 39.4 cm³/mol. The number of hydrogen-bond donors (Lipinski definition) is 2. The van der Waals surface area contributed by atoms with Gasteiger partial charge in [0.2, 0.25) is 0 Å². The van der Waals surface area contributed by atoms with Gasteiger partial charge in [-0.2, -0.15) is 0 Å². The molecule has 0 radical (unpaired) electrons. The second-order valence-electron chi connectivity index (χ2n) is 2.78. The molecule has 54 valence electrons. The first-order chi connectivity index (χ1) is 4.20. The third-order valence-electron chi connectivity index (χ3n) is 1.75.